The van der Waals surface area contributed by atoms with Crippen molar-refractivity contribution < 1.29 is 5.11 Å². The van der Waals surface area contributed by atoms with Gasteiger partial charge < -0.3 is 10.8 Å². The largest absolute Gasteiger partial charge is 0.393 e. The number of aliphatic hydroxyl groups excluding tert-OH is 1. The van der Waals surface area contributed by atoms with Crippen molar-refractivity contribution in [3.63, 3.8) is 0 Å². The third-order valence-corrected chi connectivity index (χ3v) is 3.29. The molecule has 0 spiro atoms. The van der Waals surface area contributed by atoms with E-state index in [1.165, 1.54) is 12.8 Å². The highest BCUT2D eigenvalue weighted by atomic mass is 16.3. The lowest BCUT2D eigenvalue weighted by molar-refractivity contribution is 0.0504. The van der Waals surface area contributed by atoms with E-state index >= 15 is 0 Å². The Morgan fingerprint density at radius 1 is 1.58 bits per heavy atom. The van der Waals surface area contributed by atoms with Gasteiger partial charge in [0.25, 0.3) is 0 Å². The highest BCUT2D eigenvalue weighted by Gasteiger charge is 2.39. The summed E-state index contributed by atoms with van der Waals surface area (Å²) in [6.45, 7) is 2.85. The average Bonchev–Trinajstić information content (AvgIpc) is 2.45. The molecular weight excluding hydrogens is 150 g/mol. The summed E-state index contributed by atoms with van der Waals surface area (Å²) in [6.07, 6.45) is 6.63. The van der Waals surface area contributed by atoms with E-state index in [9.17, 15) is 5.11 Å². The summed E-state index contributed by atoms with van der Waals surface area (Å²) in [5, 5.41) is 9.79. The molecule has 0 amide bonds. The quantitative estimate of drug-likeness (QED) is 0.676. The molecule has 0 heterocycles. The van der Waals surface area contributed by atoms with E-state index in [4.69, 9.17) is 5.73 Å². The van der Waals surface area contributed by atoms with Crippen LogP contribution in [0.4, 0.5) is 0 Å². The number of aliphatic hydroxyl groups is 1. The van der Waals surface area contributed by atoms with Crippen molar-refractivity contribution >= 4 is 0 Å². The van der Waals surface area contributed by atoms with Gasteiger partial charge in [-0.1, -0.05) is 26.2 Å². The Hall–Kier alpha value is -0.0800. The monoisotopic (exact) mass is 171 g/mol. The second kappa shape index (κ2) is 4.24. The molecule has 2 unspecified atom stereocenters. The van der Waals surface area contributed by atoms with Crippen molar-refractivity contribution in [1.29, 1.82) is 0 Å². The standard InChI is InChI=1S/C10H21NO/c1-2-3-6-10(8-11)7-4-5-9(10)12/h9,12H,2-8,11H2,1H3. The number of unbranched alkanes of at least 4 members (excludes halogenated alkanes) is 1. The first-order chi connectivity index (χ1) is 5.75. The Labute approximate surface area is 75.2 Å². The molecule has 0 bridgehead atoms. The normalized spacial score (nSPS) is 35.8. The van der Waals surface area contributed by atoms with Gasteiger partial charge in [-0.3, -0.25) is 0 Å². The van der Waals surface area contributed by atoms with Gasteiger partial charge in [-0.25, -0.2) is 0 Å². The van der Waals surface area contributed by atoms with Crippen LogP contribution >= 0.6 is 0 Å². The van der Waals surface area contributed by atoms with E-state index in [-0.39, 0.29) is 11.5 Å². The van der Waals surface area contributed by atoms with Crippen LogP contribution in [0.3, 0.4) is 0 Å². The Bertz CT molecular complexity index is 138. The summed E-state index contributed by atoms with van der Waals surface area (Å²) in [6, 6.07) is 0. The Morgan fingerprint density at radius 3 is 2.75 bits per heavy atom. The second-order valence-electron chi connectivity index (χ2n) is 4.08. The van der Waals surface area contributed by atoms with E-state index in [1.54, 1.807) is 0 Å². The molecule has 0 saturated heterocycles. The molecule has 1 aliphatic carbocycles. The van der Waals surface area contributed by atoms with E-state index in [0.717, 1.165) is 25.7 Å². The van der Waals surface area contributed by atoms with Crippen molar-refractivity contribution in [3.05, 3.63) is 0 Å². The van der Waals surface area contributed by atoms with E-state index < -0.39 is 0 Å². The first-order valence-electron chi connectivity index (χ1n) is 5.13. The fourth-order valence-electron chi connectivity index (χ4n) is 2.28. The predicted octanol–water partition coefficient (Wildman–Crippen LogP) is 1.67. The summed E-state index contributed by atoms with van der Waals surface area (Å²) in [7, 11) is 0. The summed E-state index contributed by atoms with van der Waals surface area (Å²) in [5.74, 6) is 0. The lowest BCUT2D eigenvalue weighted by Crippen LogP contribution is -2.37. The Morgan fingerprint density at radius 2 is 2.33 bits per heavy atom. The van der Waals surface area contributed by atoms with Crippen molar-refractivity contribution in [2.24, 2.45) is 11.1 Å². The summed E-state index contributed by atoms with van der Waals surface area (Å²) in [4.78, 5) is 0. The molecule has 12 heavy (non-hydrogen) atoms. The van der Waals surface area contributed by atoms with E-state index in [2.05, 4.69) is 6.92 Å². The molecule has 2 atom stereocenters. The van der Waals surface area contributed by atoms with Crippen LogP contribution in [0.2, 0.25) is 0 Å². The topological polar surface area (TPSA) is 46.2 Å². The molecule has 0 radical (unpaired) electrons. The smallest absolute Gasteiger partial charge is 0.0608 e. The maximum atomic E-state index is 9.79. The molecule has 3 N–H and O–H groups in total. The van der Waals surface area contributed by atoms with Gasteiger partial charge in [-0.15, -0.1) is 0 Å². The summed E-state index contributed by atoms with van der Waals surface area (Å²) < 4.78 is 0. The number of nitrogens with two attached hydrogens (primary N) is 1. The summed E-state index contributed by atoms with van der Waals surface area (Å²) >= 11 is 0. The predicted molar refractivity (Wildman–Crippen MR) is 50.9 cm³/mol. The van der Waals surface area contributed by atoms with Crippen molar-refractivity contribution in [2.75, 3.05) is 6.54 Å². The van der Waals surface area contributed by atoms with Crippen molar-refractivity contribution in [3.8, 4) is 0 Å². The molecule has 1 rings (SSSR count). The lowest BCUT2D eigenvalue weighted by Gasteiger charge is -2.31. The van der Waals surface area contributed by atoms with Gasteiger partial charge in [0.1, 0.15) is 0 Å². The highest BCUT2D eigenvalue weighted by molar-refractivity contribution is 4.92. The van der Waals surface area contributed by atoms with Gasteiger partial charge in [0.05, 0.1) is 6.10 Å². The average molecular weight is 171 g/mol. The molecule has 2 nitrogen and oxygen atoms in total. The van der Waals surface area contributed by atoms with Gasteiger partial charge in [-0.2, -0.15) is 0 Å². The zero-order chi connectivity index (χ0) is 9.03. The number of hydrogen-bond acceptors (Lipinski definition) is 2. The molecular formula is C10H21NO. The minimum atomic E-state index is -0.131. The van der Waals surface area contributed by atoms with Crippen LogP contribution in [0, 0.1) is 5.41 Å². The van der Waals surface area contributed by atoms with Crippen LogP contribution in [-0.2, 0) is 0 Å². The molecule has 0 aromatic rings. The molecule has 0 aromatic carbocycles. The van der Waals surface area contributed by atoms with Crippen molar-refractivity contribution in [1.82, 2.24) is 0 Å². The number of rotatable bonds is 4. The van der Waals surface area contributed by atoms with Crippen LogP contribution in [0.1, 0.15) is 45.4 Å². The first-order valence-corrected chi connectivity index (χ1v) is 5.13. The fourth-order valence-corrected chi connectivity index (χ4v) is 2.28. The Balaban J connectivity index is 2.49. The molecule has 0 aliphatic heterocycles. The van der Waals surface area contributed by atoms with E-state index in [1.807, 2.05) is 0 Å². The molecule has 0 aromatic heterocycles. The third kappa shape index (κ3) is 1.80. The van der Waals surface area contributed by atoms with E-state index in [0.29, 0.717) is 6.54 Å². The SMILES string of the molecule is CCCCC1(CN)CCCC1O. The van der Waals surface area contributed by atoms with Crippen LogP contribution in [-0.4, -0.2) is 17.8 Å². The molecule has 2 heteroatoms. The van der Waals surface area contributed by atoms with Crippen LogP contribution < -0.4 is 5.73 Å². The highest BCUT2D eigenvalue weighted by Crippen LogP contribution is 2.41. The van der Waals surface area contributed by atoms with Crippen LogP contribution in [0.15, 0.2) is 0 Å². The first kappa shape index (κ1) is 10.0. The zero-order valence-corrected chi connectivity index (χ0v) is 8.05. The minimum absolute atomic E-state index is 0.0794. The van der Waals surface area contributed by atoms with Crippen LogP contribution in [0.25, 0.3) is 0 Å². The maximum Gasteiger partial charge on any atom is 0.0608 e. The molecule has 1 saturated carbocycles. The molecule has 72 valence electrons. The van der Waals surface area contributed by atoms with Crippen LogP contribution in [0.5, 0.6) is 0 Å². The maximum absolute atomic E-state index is 9.79. The number of hydrogen-bond donors (Lipinski definition) is 2. The molecule has 1 fully saturated rings. The molecule has 1 aliphatic rings. The van der Waals surface area contributed by atoms with Crippen molar-refractivity contribution in [2.45, 2.75) is 51.6 Å². The van der Waals surface area contributed by atoms with Gasteiger partial charge in [0.15, 0.2) is 0 Å². The second-order valence-corrected chi connectivity index (χ2v) is 4.08. The van der Waals surface area contributed by atoms with Gasteiger partial charge in [0, 0.05) is 12.0 Å². The van der Waals surface area contributed by atoms with Gasteiger partial charge in [0.2, 0.25) is 0 Å². The third-order valence-electron chi connectivity index (χ3n) is 3.29. The lowest BCUT2D eigenvalue weighted by atomic mass is 9.79. The minimum Gasteiger partial charge on any atom is -0.393 e. The Kier molecular flexibility index (Phi) is 3.53. The summed E-state index contributed by atoms with van der Waals surface area (Å²) in [5.41, 5.74) is 5.82. The fraction of sp³-hybridized carbons (Fsp3) is 1.00. The van der Waals surface area contributed by atoms with Gasteiger partial charge in [-0.05, 0) is 19.3 Å². The zero-order valence-electron chi connectivity index (χ0n) is 8.05. The van der Waals surface area contributed by atoms with Gasteiger partial charge >= 0.3 is 0 Å².